The number of amides is 1. The van der Waals surface area contributed by atoms with Crippen LogP contribution in [0.2, 0.25) is 0 Å². The van der Waals surface area contributed by atoms with E-state index in [2.05, 4.69) is 9.97 Å². The third-order valence-corrected chi connectivity index (χ3v) is 5.72. The van der Waals surface area contributed by atoms with Gasteiger partial charge in [-0.25, -0.2) is 14.4 Å². The van der Waals surface area contributed by atoms with Crippen LogP contribution in [0.4, 0.5) is 9.52 Å². The van der Waals surface area contributed by atoms with E-state index >= 15 is 0 Å². The zero-order valence-corrected chi connectivity index (χ0v) is 17.8. The van der Waals surface area contributed by atoms with Crippen LogP contribution < -0.4 is 10.5 Å². The molecule has 0 aliphatic carbocycles. The normalized spacial score (nSPS) is 11.4. The van der Waals surface area contributed by atoms with Gasteiger partial charge < -0.3 is 4.90 Å². The predicted molar refractivity (Wildman–Crippen MR) is 113 cm³/mol. The number of hydrogen-bond acceptors (Lipinski definition) is 6. The number of benzene rings is 1. The van der Waals surface area contributed by atoms with Crippen LogP contribution in [-0.2, 0) is 11.3 Å². The van der Waals surface area contributed by atoms with Crippen LogP contribution in [0.25, 0.3) is 10.2 Å². The molecule has 0 spiro atoms. The van der Waals surface area contributed by atoms with E-state index < -0.39 is 0 Å². The number of hydrogen-bond donors (Lipinski definition) is 0. The van der Waals surface area contributed by atoms with Crippen LogP contribution in [0, 0.1) is 19.7 Å². The van der Waals surface area contributed by atoms with E-state index in [0.29, 0.717) is 33.2 Å². The Bertz CT molecular complexity index is 1090. The highest BCUT2D eigenvalue weighted by Crippen LogP contribution is 2.29. The van der Waals surface area contributed by atoms with E-state index in [9.17, 15) is 14.0 Å². The third-order valence-electron chi connectivity index (χ3n) is 4.68. The molecule has 3 aromatic rings. The maximum absolute atomic E-state index is 13.5. The van der Waals surface area contributed by atoms with Gasteiger partial charge in [-0.1, -0.05) is 11.3 Å². The van der Waals surface area contributed by atoms with Crippen molar-refractivity contribution in [3.63, 3.8) is 0 Å². The number of carbonyl (C=O) groups excluding carboxylic acids is 1. The summed E-state index contributed by atoms with van der Waals surface area (Å²) in [7, 11) is 3.93. The van der Waals surface area contributed by atoms with Gasteiger partial charge in [0.05, 0.1) is 16.5 Å². The Morgan fingerprint density at radius 3 is 2.72 bits per heavy atom. The van der Waals surface area contributed by atoms with E-state index in [1.807, 2.05) is 19.0 Å². The van der Waals surface area contributed by atoms with Gasteiger partial charge in [-0.15, -0.1) is 0 Å². The van der Waals surface area contributed by atoms with Gasteiger partial charge in [-0.2, -0.15) is 0 Å². The maximum atomic E-state index is 13.5. The highest BCUT2D eigenvalue weighted by Gasteiger charge is 2.21. The summed E-state index contributed by atoms with van der Waals surface area (Å²) in [6, 6.07) is 4.37. The molecular weight excluding hydrogens is 393 g/mol. The summed E-state index contributed by atoms with van der Waals surface area (Å²) >= 11 is 1.26. The molecule has 0 aliphatic heterocycles. The zero-order valence-electron chi connectivity index (χ0n) is 17.0. The number of nitrogens with zero attached hydrogens (tertiary/aromatic N) is 5. The fourth-order valence-electron chi connectivity index (χ4n) is 2.89. The quantitative estimate of drug-likeness (QED) is 0.591. The van der Waals surface area contributed by atoms with Gasteiger partial charge in [0, 0.05) is 17.8 Å². The highest BCUT2D eigenvalue weighted by molar-refractivity contribution is 7.22. The first kappa shape index (κ1) is 21.1. The van der Waals surface area contributed by atoms with Gasteiger partial charge in [-0.3, -0.25) is 19.1 Å². The number of aromatic nitrogens is 3. The Labute approximate surface area is 172 Å². The van der Waals surface area contributed by atoms with Crippen LogP contribution in [-0.4, -0.2) is 52.5 Å². The minimum Gasteiger partial charge on any atom is -0.309 e. The Kier molecular flexibility index (Phi) is 6.39. The van der Waals surface area contributed by atoms with E-state index in [-0.39, 0.29) is 23.8 Å². The Morgan fingerprint density at radius 1 is 1.24 bits per heavy atom. The first-order valence-electron chi connectivity index (χ1n) is 9.30. The summed E-state index contributed by atoms with van der Waals surface area (Å²) in [4.78, 5) is 37.9. The number of thiazole rings is 1. The molecule has 29 heavy (non-hydrogen) atoms. The van der Waals surface area contributed by atoms with Crippen molar-refractivity contribution in [2.75, 3.05) is 32.1 Å². The van der Waals surface area contributed by atoms with E-state index in [0.717, 1.165) is 13.0 Å². The molecule has 0 saturated carbocycles. The van der Waals surface area contributed by atoms with Crippen LogP contribution in [0.5, 0.6) is 0 Å². The third kappa shape index (κ3) is 4.86. The highest BCUT2D eigenvalue weighted by atomic mass is 32.1. The minimum atomic E-state index is -0.342. The smallest absolute Gasteiger partial charge is 0.256 e. The van der Waals surface area contributed by atoms with Crippen molar-refractivity contribution >= 4 is 32.6 Å². The summed E-state index contributed by atoms with van der Waals surface area (Å²) in [6.45, 7) is 4.58. The number of aryl methyl sites for hydroxylation is 1. The van der Waals surface area contributed by atoms with Crippen molar-refractivity contribution in [1.82, 2.24) is 19.4 Å². The summed E-state index contributed by atoms with van der Waals surface area (Å²) in [5, 5.41) is 0.499. The van der Waals surface area contributed by atoms with Gasteiger partial charge in [-0.05, 0) is 59.1 Å². The molecule has 0 saturated heterocycles. The van der Waals surface area contributed by atoms with E-state index in [4.69, 9.17) is 0 Å². The molecule has 0 atom stereocenters. The lowest BCUT2D eigenvalue weighted by molar-refractivity contribution is -0.119. The standard InChI is InChI=1S/C20H24FN5O2S/c1-13-14(2)22-12-25(19(13)28)11-18(27)26(9-5-8-24(3)4)20-23-16-7-6-15(21)10-17(16)29-20/h6-7,10,12H,5,8-9,11H2,1-4H3. The predicted octanol–water partition coefficient (Wildman–Crippen LogP) is 2.59. The second kappa shape index (κ2) is 8.79. The van der Waals surface area contributed by atoms with Gasteiger partial charge >= 0.3 is 0 Å². The first-order chi connectivity index (χ1) is 13.8. The molecule has 154 valence electrons. The molecule has 3 rings (SSSR count). The van der Waals surface area contributed by atoms with Crippen molar-refractivity contribution < 1.29 is 9.18 Å². The molecule has 9 heteroatoms. The topological polar surface area (TPSA) is 71.3 Å². The van der Waals surface area contributed by atoms with Crippen molar-refractivity contribution in [3.8, 4) is 0 Å². The second-order valence-corrected chi connectivity index (χ2v) is 8.21. The zero-order chi connectivity index (χ0) is 21.1. The summed E-state index contributed by atoms with van der Waals surface area (Å²) in [5.74, 6) is -0.596. The Balaban J connectivity index is 1.90. The number of rotatable bonds is 7. The summed E-state index contributed by atoms with van der Waals surface area (Å²) < 4.78 is 15.5. The summed E-state index contributed by atoms with van der Waals surface area (Å²) in [6.07, 6.45) is 2.14. The SMILES string of the molecule is Cc1ncn(CC(=O)N(CCCN(C)C)c2nc3ccc(F)cc3s2)c(=O)c1C. The summed E-state index contributed by atoms with van der Waals surface area (Å²) in [5.41, 5.74) is 1.58. The number of carbonyl (C=O) groups is 1. The average molecular weight is 418 g/mol. The number of halogens is 1. The molecule has 2 heterocycles. The molecule has 0 N–H and O–H groups in total. The van der Waals surface area contributed by atoms with Crippen LogP contribution in [0.1, 0.15) is 17.7 Å². The lowest BCUT2D eigenvalue weighted by Gasteiger charge is -2.21. The number of fused-ring (bicyclic) bond motifs is 1. The van der Waals surface area contributed by atoms with Crippen molar-refractivity contribution in [2.24, 2.45) is 0 Å². The molecule has 0 radical (unpaired) electrons. The molecular formula is C20H24FN5O2S. The Hall–Kier alpha value is -2.65. The van der Waals surface area contributed by atoms with Crippen LogP contribution in [0.15, 0.2) is 29.3 Å². The Morgan fingerprint density at radius 2 is 2.00 bits per heavy atom. The fourth-order valence-corrected chi connectivity index (χ4v) is 3.93. The fraction of sp³-hybridized carbons (Fsp3) is 0.400. The molecule has 0 aliphatic rings. The van der Waals surface area contributed by atoms with E-state index in [1.54, 1.807) is 24.8 Å². The van der Waals surface area contributed by atoms with Crippen LogP contribution >= 0.6 is 11.3 Å². The monoisotopic (exact) mass is 417 g/mol. The van der Waals surface area contributed by atoms with Crippen molar-refractivity contribution in [1.29, 1.82) is 0 Å². The lowest BCUT2D eigenvalue weighted by atomic mass is 10.3. The molecule has 0 fully saturated rings. The largest absolute Gasteiger partial charge is 0.309 e. The van der Waals surface area contributed by atoms with Gasteiger partial charge in [0.2, 0.25) is 5.91 Å². The van der Waals surface area contributed by atoms with Gasteiger partial charge in [0.1, 0.15) is 12.4 Å². The molecule has 1 amide bonds. The van der Waals surface area contributed by atoms with Gasteiger partial charge in [0.25, 0.3) is 5.56 Å². The molecule has 0 bridgehead atoms. The number of anilines is 1. The molecule has 0 unspecified atom stereocenters. The van der Waals surface area contributed by atoms with E-state index in [1.165, 1.54) is 34.4 Å². The first-order valence-corrected chi connectivity index (χ1v) is 10.1. The van der Waals surface area contributed by atoms with Crippen molar-refractivity contribution in [2.45, 2.75) is 26.8 Å². The minimum absolute atomic E-state index is 0.126. The average Bonchev–Trinajstić information content (AvgIpc) is 3.08. The molecule has 2 aromatic heterocycles. The van der Waals surface area contributed by atoms with Crippen LogP contribution in [0.3, 0.4) is 0 Å². The van der Waals surface area contributed by atoms with Gasteiger partial charge in [0.15, 0.2) is 5.13 Å². The molecule has 7 nitrogen and oxygen atoms in total. The second-order valence-electron chi connectivity index (χ2n) is 7.20. The molecule has 1 aromatic carbocycles. The lowest BCUT2D eigenvalue weighted by Crippen LogP contribution is -2.38. The maximum Gasteiger partial charge on any atom is 0.256 e. The van der Waals surface area contributed by atoms with Crippen molar-refractivity contribution in [3.05, 3.63) is 52.0 Å².